The third kappa shape index (κ3) is 3.14. The number of aliphatic carboxylic acids is 1. The second kappa shape index (κ2) is 5.84. The summed E-state index contributed by atoms with van der Waals surface area (Å²) in [5, 5.41) is 11.6. The number of carbonyl (C=O) groups is 2. The third-order valence-corrected chi connectivity index (χ3v) is 2.98. The minimum atomic E-state index is -1.53. The van der Waals surface area contributed by atoms with E-state index in [1.807, 2.05) is 6.07 Å². The summed E-state index contributed by atoms with van der Waals surface area (Å²) in [7, 11) is 1.36. The molecule has 0 spiro atoms. The summed E-state index contributed by atoms with van der Waals surface area (Å²) in [6.07, 6.45) is 1.31. The maximum Gasteiger partial charge on any atom is 0.331 e. The van der Waals surface area contributed by atoms with E-state index in [0.29, 0.717) is 11.0 Å². The van der Waals surface area contributed by atoms with E-state index in [9.17, 15) is 14.7 Å². The van der Waals surface area contributed by atoms with Gasteiger partial charge in [0.1, 0.15) is 5.69 Å². The van der Waals surface area contributed by atoms with Gasteiger partial charge in [-0.1, -0.05) is 12.1 Å². The Labute approximate surface area is 121 Å². The average Bonchev–Trinajstić information content (AvgIpc) is 2.46. The van der Waals surface area contributed by atoms with Gasteiger partial charge in [0, 0.05) is 7.11 Å². The molecule has 21 heavy (non-hydrogen) atoms. The molecule has 1 heterocycles. The highest BCUT2D eigenvalue weighted by atomic mass is 16.5. The lowest BCUT2D eigenvalue weighted by Gasteiger charge is -2.24. The Morgan fingerprint density at radius 1 is 1.33 bits per heavy atom. The lowest BCUT2D eigenvalue weighted by Crippen LogP contribution is -2.55. The quantitative estimate of drug-likeness (QED) is 0.846. The van der Waals surface area contributed by atoms with Crippen molar-refractivity contribution in [2.75, 3.05) is 13.7 Å². The molecule has 2 N–H and O–H groups in total. The predicted molar refractivity (Wildman–Crippen MR) is 74.9 cm³/mol. The summed E-state index contributed by atoms with van der Waals surface area (Å²) in [6, 6.07) is 7.10. The van der Waals surface area contributed by atoms with Crippen LogP contribution in [0.25, 0.3) is 11.0 Å². The summed E-state index contributed by atoms with van der Waals surface area (Å²) in [5.41, 5.74) is -0.253. The Hall–Kier alpha value is -2.54. The van der Waals surface area contributed by atoms with Crippen LogP contribution in [-0.4, -0.2) is 46.2 Å². The van der Waals surface area contributed by atoms with Crippen molar-refractivity contribution >= 4 is 22.9 Å². The van der Waals surface area contributed by atoms with Crippen LogP contribution in [0.4, 0.5) is 0 Å². The maximum absolute atomic E-state index is 12.2. The number of hydrogen-bond acceptors (Lipinski definition) is 5. The molecule has 0 saturated heterocycles. The molecular formula is C14H15N3O4. The van der Waals surface area contributed by atoms with Crippen LogP contribution >= 0.6 is 0 Å². The molecule has 7 heteroatoms. The Morgan fingerprint density at radius 2 is 2.00 bits per heavy atom. The molecule has 1 aromatic carbocycles. The molecule has 1 amide bonds. The molecule has 0 saturated carbocycles. The second-order valence-electron chi connectivity index (χ2n) is 4.77. The highest BCUT2D eigenvalue weighted by Crippen LogP contribution is 2.10. The number of nitrogens with zero attached hydrogens (tertiary/aromatic N) is 2. The van der Waals surface area contributed by atoms with Crippen molar-refractivity contribution in [1.29, 1.82) is 0 Å². The highest BCUT2D eigenvalue weighted by Gasteiger charge is 2.35. The molecule has 2 aromatic rings. The number of methoxy groups -OCH3 is 1. The molecule has 0 fully saturated rings. The van der Waals surface area contributed by atoms with Gasteiger partial charge < -0.3 is 15.2 Å². The number of aromatic nitrogens is 2. The van der Waals surface area contributed by atoms with Crippen molar-refractivity contribution in [3.8, 4) is 0 Å². The SMILES string of the molecule is COCC(C)(NC(=O)c1cnc2ccccc2n1)C(=O)O. The van der Waals surface area contributed by atoms with E-state index >= 15 is 0 Å². The van der Waals surface area contributed by atoms with Crippen LogP contribution in [0, 0.1) is 0 Å². The van der Waals surface area contributed by atoms with Gasteiger partial charge in [-0.2, -0.15) is 0 Å². The second-order valence-corrected chi connectivity index (χ2v) is 4.77. The zero-order valence-electron chi connectivity index (χ0n) is 11.7. The van der Waals surface area contributed by atoms with E-state index < -0.39 is 17.4 Å². The molecular weight excluding hydrogens is 274 g/mol. The molecule has 0 radical (unpaired) electrons. The van der Waals surface area contributed by atoms with Crippen molar-refractivity contribution < 1.29 is 19.4 Å². The third-order valence-electron chi connectivity index (χ3n) is 2.98. The number of rotatable bonds is 5. The lowest BCUT2D eigenvalue weighted by molar-refractivity contribution is -0.145. The monoisotopic (exact) mass is 289 g/mol. The van der Waals surface area contributed by atoms with Crippen molar-refractivity contribution in [1.82, 2.24) is 15.3 Å². The van der Waals surface area contributed by atoms with E-state index in [1.165, 1.54) is 20.2 Å². The van der Waals surface area contributed by atoms with Gasteiger partial charge in [0.05, 0.1) is 23.8 Å². The number of benzene rings is 1. The Balaban J connectivity index is 2.27. The summed E-state index contributed by atoms with van der Waals surface area (Å²) < 4.78 is 4.84. The van der Waals surface area contributed by atoms with Gasteiger partial charge in [0.15, 0.2) is 5.54 Å². The molecule has 0 aliphatic heterocycles. The first-order chi connectivity index (χ1) is 9.96. The van der Waals surface area contributed by atoms with Gasteiger partial charge in [-0.05, 0) is 19.1 Å². The van der Waals surface area contributed by atoms with Crippen molar-refractivity contribution in [3.05, 3.63) is 36.2 Å². The molecule has 1 aromatic heterocycles. The van der Waals surface area contributed by atoms with Gasteiger partial charge in [-0.25, -0.2) is 9.78 Å². The van der Waals surface area contributed by atoms with Crippen LogP contribution in [-0.2, 0) is 9.53 Å². The van der Waals surface area contributed by atoms with E-state index in [4.69, 9.17) is 4.74 Å². The largest absolute Gasteiger partial charge is 0.479 e. The van der Waals surface area contributed by atoms with Gasteiger partial charge in [0.25, 0.3) is 5.91 Å². The number of amides is 1. The maximum atomic E-state index is 12.2. The molecule has 110 valence electrons. The molecule has 0 aliphatic rings. The topological polar surface area (TPSA) is 101 Å². The smallest absolute Gasteiger partial charge is 0.331 e. The number of nitrogens with one attached hydrogen (secondary N) is 1. The Bertz CT molecular complexity index is 689. The standard InChI is InChI=1S/C14H15N3O4/c1-14(8-21-2,13(19)20)17-12(18)11-7-15-9-5-3-4-6-10(9)16-11/h3-7H,8H2,1-2H3,(H,17,18)(H,19,20). The normalized spacial score (nSPS) is 13.6. The number of carboxylic acid groups (broad SMARTS) is 1. The van der Waals surface area contributed by atoms with E-state index in [-0.39, 0.29) is 12.3 Å². The Morgan fingerprint density at radius 3 is 2.62 bits per heavy atom. The molecule has 7 nitrogen and oxygen atoms in total. The van der Waals surface area contributed by atoms with Crippen molar-refractivity contribution in [3.63, 3.8) is 0 Å². The van der Waals surface area contributed by atoms with Gasteiger partial charge in [-0.15, -0.1) is 0 Å². The minimum Gasteiger partial charge on any atom is -0.479 e. The zero-order valence-corrected chi connectivity index (χ0v) is 11.7. The molecule has 0 aliphatic carbocycles. The van der Waals surface area contributed by atoms with Crippen LogP contribution in [0.3, 0.4) is 0 Å². The zero-order chi connectivity index (χ0) is 15.5. The summed E-state index contributed by atoms with van der Waals surface area (Å²) >= 11 is 0. The fourth-order valence-electron chi connectivity index (χ4n) is 1.82. The predicted octanol–water partition coefficient (Wildman–Crippen LogP) is 0.849. The summed E-state index contributed by atoms with van der Waals surface area (Å²) in [4.78, 5) is 31.7. The summed E-state index contributed by atoms with van der Waals surface area (Å²) in [6.45, 7) is 1.21. The Kier molecular flexibility index (Phi) is 4.13. The van der Waals surface area contributed by atoms with Crippen LogP contribution < -0.4 is 5.32 Å². The number of para-hydroxylation sites is 2. The average molecular weight is 289 g/mol. The van der Waals surface area contributed by atoms with E-state index in [1.54, 1.807) is 18.2 Å². The minimum absolute atomic E-state index is 0.0530. The molecule has 1 unspecified atom stereocenters. The van der Waals surface area contributed by atoms with E-state index in [2.05, 4.69) is 15.3 Å². The fraction of sp³-hybridized carbons (Fsp3) is 0.286. The number of hydrogen-bond donors (Lipinski definition) is 2. The fourth-order valence-corrected chi connectivity index (χ4v) is 1.82. The number of carbonyl (C=O) groups excluding carboxylic acids is 1. The highest BCUT2D eigenvalue weighted by molar-refractivity contribution is 5.97. The van der Waals surface area contributed by atoms with Crippen LogP contribution in [0.15, 0.2) is 30.5 Å². The summed E-state index contributed by atoms with van der Waals surface area (Å²) in [5.74, 6) is -1.80. The first kappa shape index (κ1) is 14.9. The first-order valence-electron chi connectivity index (χ1n) is 6.23. The molecule has 2 rings (SSSR count). The van der Waals surface area contributed by atoms with Gasteiger partial charge in [-0.3, -0.25) is 9.78 Å². The van der Waals surface area contributed by atoms with Gasteiger partial charge in [0.2, 0.25) is 0 Å². The molecule has 1 atom stereocenters. The lowest BCUT2D eigenvalue weighted by atomic mass is 10.0. The first-order valence-corrected chi connectivity index (χ1v) is 6.23. The van der Waals surface area contributed by atoms with Crippen molar-refractivity contribution in [2.24, 2.45) is 0 Å². The van der Waals surface area contributed by atoms with Crippen LogP contribution in [0.5, 0.6) is 0 Å². The van der Waals surface area contributed by atoms with Crippen LogP contribution in [0.1, 0.15) is 17.4 Å². The van der Waals surface area contributed by atoms with E-state index in [0.717, 1.165) is 0 Å². The number of ether oxygens (including phenoxy) is 1. The van der Waals surface area contributed by atoms with Gasteiger partial charge >= 0.3 is 5.97 Å². The van der Waals surface area contributed by atoms with Crippen LogP contribution in [0.2, 0.25) is 0 Å². The van der Waals surface area contributed by atoms with Crippen molar-refractivity contribution in [2.45, 2.75) is 12.5 Å². The number of carboxylic acids is 1. The number of fused-ring (bicyclic) bond motifs is 1. The molecule has 0 bridgehead atoms.